The number of hydrogen-bond acceptors (Lipinski definition) is 7. The normalized spacial score (nSPS) is 14.9. The number of halogens is 2. The van der Waals surface area contributed by atoms with E-state index in [9.17, 15) is 0 Å². The minimum absolute atomic E-state index is 0.438. The third-order valence-corrected chi connectivity index (χ3v) is 7.03. The van der Waals surface area contributed by atoms with E-state index >= 15 is 0 Å². The van der Waals surface area contributed by atoms with E-state index < -0.39 is 0 Å². The molecule has 1 saturated heterocycles. The molecule has 0 unspecified atom stereocenters. The number of imidazole rings is 2. The van der Waals surface area contributed by atoms with E-state index in [-0.39, 0.29) is 0 Å². The van der Waals surface area contributed by atoms with E-state index in [1.165, 1.54) is 0 Å². The number of H-pyrrole nitrogens is 1. The van der Waals surface area contributed by atoms with Crippen molar-refractivity contribution in [3.8, 4) is 11.3 Å². The van der Waals surface area contributed by atoms with E-state index in [0.717, 1.165) is 65.8 Å². The molecule has 5 heterocycles. The van der Waals surface area contributed by atoms with Gasteiger partial charge in [-0.05, 0) is 19.2 Å². The predicted molar refractivity (Wildman–Crippen MR) is 138 cm³/mol. The largest absolute Gasteiger partial charge is 0.360 e. The Hall–Kier alpha value is -3.34. The average Bonchev–Trinajstić information content (AvgIpc) is 3.56. The van der Waals surface area contributed by atoms with Gasteiger partial charge >= 0.3 is 0 Å². The Labute approximate surface area is 211 Å². The number of aryl methyl sites for hydroxylation is 1. The zero-order valence-electron chi connectivity index (χ0n) is 19.3. The van der Waals surface area contributed by atoms with Gasteiger partial charge in [0.15, 0.2) is 11.5 Å². The second kappa shape index (κ2) is 8.71. The highest BCUT2D eigenvalue weighted by molar-refractivity contribution is 6.42. The molecule has 0 radical (unpaired) electrons. The number of anilines is 2. The first kappa shape index (κ1) is 22.1. The fourth-order valence-electron chi connectivity index (χ4n) is 4.36. The number of rotatable bonds is 5. The Morgan fingerprint density at radius 1 is 1.00 bits per heavy atom. The highest BCUT2D eigenvalue weighted by Crippen LogP contribution is 2.29. The number of fused-ring (bicyclic) bond motifs is 2. The average molecular weight is 511 g/mol. The quantitative estimate of drug-likeness (QED) is 0.372. The summed E-state index contributed by atoms with van der Waals surface area (Å²) in [5.41, 5.74) is 4.29. The number of benzene rings is 1. The first-order valence-electron chi connectivity index (χ1n) is 11.3. The lowest BCUT2D eigenvalue weighted by Crippen LogP contribution is -2.45. The van der Waals surface area contributed by atoms with E-state index in [4.69, 9.17) is 28.2 Å². The van der Waals surface area contributed by atoms with Crippen LogP contribution in [0.4, 0.5) is 11.6 Å². The maximum absolute atomic E-state index is 6.16. The molecule has 0 atom stereocenters. The molecular weight excluding hydrogens is 487 g/mol. The van der Waals surface area contributed by atoms with Crippen molar-refractivity contribution in [2.45, 2.75) is 6.54 Å². The summed E-state index contributed by atoms with van der Waals surface area (Å²) in [5.74, 6) is 2.34. The van der Waals surface area contributed by atoms with Crippen LogP contribution in [0.1, 0.15) is 5.82 Å². The molecule has 2 N–H and O–H groups in total. The summed E-state index contributed by atoms with van der Waals surface area (Å²) in [7, 11) is 4.05. The Morgan fingerprint density at radius 2 is 1.80 bits per heavy atom. The van der Waals surface area contributed by atoms with Gasteiger partial charge < -0.3 is 20.1 Å². The van der Waals surface area contributed by atoms with E-state index in [0.29, 0.717) is 22.4 Å². The summed E-state index contributed by atoms with van der Waals surface area (Å²) in [6, 6.07) is 3.55. The van der Waals surface area contributed by atoms with Gasteiger partial charge in [-0.15, -0.1) is 0 Å². The van der Waals surface area contributed by atoms with Crippen LogP contribution in [-0.4, -0.2) is 72.2 Å². The molecule has 5 aromatic rings. The molecule has 6 rings (SSSR count). The maximum Gasteiger partial charge on any atom is 0.180 e. The van der Waals surface area contributed by atoms with Crippen LogP contribution in [0.2, 0.25) is 10.0 Å². The van der Waals surface area contributed by atoms with Gasteiger partial charge in [-0.1, -0.05) is 23.2 Å². The van der Waals surface area contributed by atoms with Crippen LogP contribution in [0.3, 0.4) is 0 Å². The second-order valence-electron chi connectivity index (χ2n) is 8.80. The summed E-state index contributed by atoms with van der Waals surface area (Å²) in [4.78, 5) is 22.2. The van der Waals surface area contributed by atoms with Crippen LogP contribution >= 0.6 is 23.2 Å². The summed E-state index contributed by atoms with van der Waals surface area (Å²) in [6.45, 7) is 4.25. The Morgan fingerprint density at radius 3 is 2.57 bits per heavy atom. The van der Waals surface area contributed by atoms with Crippen molar-refractivity contribution in [3.63, 3.8) is 0 Å². The van der Waals surface area contributed by atoms with Crippen molar-refractivity contribution in [1.82, 2.24) is 39.0 Å². The molecule has 0 aliphatic carbocycles. The molecule has 0 bridgehead atoms. The van der Waals surface area contributed by atoms with E-state index in [2.05, 4.69) is 52.8 Å². The van der Waals surface area contributed by atoms with Crippen molar-refractivity contribution in [3.05, 3.63) is 52.8 Å². The van der Waals surface area contributed by atoms with E-state index in [1.807, 2.05) is 25.6 Å². The van der Waals surface area contributed by atoms with Gasteiger partial charge in [-0.3, -0.25) is 9.08 Å². The third kappa shape index (κ3) is 4.18. The number of piperazine rings is 1. The van der Waals surface area contributed by atoms with Gasteiger partial charge in [-0.2, -0.15) is 5.10 Å². The summed E-state index contributed by atoms with van der Waals surface area (Å²) < 4.78 is 3.87. The Balaban J connectivity index is 1.37. The van der Waals surface area contributed by atoms with Crippen molar-refractivity contribution in [2.75, 3.05) is 43.4 Å². The molecule has 1 aliphatic heterocycles. The van der Waals surface area contributed by atoms with Gasteiger partial charge in [-0.25, -0.2) is 15.0 Å². The van der Waals surface area contributed by atoms with Gasteiger partial charge in [0, 0.05) is 45.0 Å². The minimum Gasteiger partial charge on any atom is -0.360 e. The first-order chi connectivity index (χ1) is 16.9. The van der Waals surface area contributed by atoms with Crippen molar-refractivity contribution in [2.24, 2.45) is 7.05 Å². The van der Waals surface area contributed by atoms with Crippen molar-refractivity contribution in [1.29, 1.82) is 0 Å². The highest BCUT2D eigenvalue weighted by Gasteiger charge is 2.20. The molecule has 180 valence electrons. The first-order valence-corrected chi connectivity index (χ1v) is 12.1. The Kier molecular flexibility index (Phi) is 5.51. The molecule has 10 nitrogen and oxygen atoms in total. The fourth-order valence-corrected chi connectivity index (χ4v) is 4.68. The van der Waals surface area contributed by atoms with Gasteiger partial charge in [0.1, 0.15) is 11.6 Å². The third-order valence-electron chi connectivity index (χ3n) is 6.30. The molecule has 1 fully saturated rings. The van der Waals surface area contributed by atoms with Crippen LogP contribution in [-0.2, 0) is 13.6 Å². The smallest absolute Gasteiger partial charge is 0.180 e. The molecule has 12 heteroatoms. The van der Waals surface area contributed by atoms with Gasteiger partial charge in [0.05, 0.1) is 51.9 Å². The number of hydrogen-bond donors (Lipinski definition) is 2. The monoisotopic (exact) mass is 510 g/mol. The maximum atomic E-state index is 6.16. The molecule has 35 heavy (non-hydrogen) atoms. The standard InChI is InChI=1S/C23H24Cl2N10/c1-32-3-5-34(6-4-32)21-13-35-19(14-9-28-33(2)12-14)10-27-23(35)22(31-21)26-11-20-29-17-7-15(24)16(25)8-18(17)30-20/h7-10,12-13H,3-6,11H2,1-2H3,(H,26,31)(H,29,30). The topological polar surface area (TPSA) is 95.2 Å². The summed E-state index contributed by atoms with van der Waals surface area (Å²) in [6.07, 6.45) is 7.75. The van der Waals surface area contributed by atoms with Gasteiger partial charge in [0.25, 0.3) is 0 Å². The lowest BCUT2D eigenvalue weighted by atomic mass is 10.3. The summed E-state index contributed by atoms with van der Waals surface area (Å²) >= 11 is 12.3. The van der Waals surface area contributed by atoms with Crippen LogP contribution < -0.4 is 10.2 Å². The minimum atomic E-state index is 0.438. The van der Waals surface area contributed by atoms with Gasteiger partial charge in [0.2, 0.25) is 0 Å². The number of nitrogens with one attached hydrogen (secondary N) is 2. The number of aromatic amines is 1. The van der Waals surface area contributed by atoms with Crippen molar-refractivity contribution >= 4 is 51.5 Å². The van der Waals surface area contributed by atoms with Crippen LogP contribution in [0, 0.1) is 0 Å². The lowest BCUT2D eigenvalue weighted by Gasteiger charge is -2.33. The number of nitrogens with zero attached hydrogens (tertiary/aromatic N) is 8. The Bertz CT molecular complexity index is 1490. The van der Waals surface area contributed by atoms with Crippen LogP contribution in [0.25, 0.3) is 27.9 Å². The molecule has 0 spiro atoms. The second-order valence-corrected chi connectivity index (χ2v) is 9.61. The fraction of sp³-hybridized carbons (Fsp3) is 0.304. The zero-order valence-corrected chi connectivity index (χ0v) is 20.8. The zero-order chi connectivity index (χ0) is 24.1. The molecule has 1 aromatic carbocycles. The van der Waals surface area contributed by atoms with Crippen LogP contribution in [0.15, 0.2) is 36.9 Å². The summed E-state index contributed by atoms with van der Waals surface area (Å²) in [5, 5.41) is 8.74. The SMILES string of the molecule is CN1CCN(c2cn3c(-c4cnn(C)c4)cnc3c(NCc3nc4cc(Cl)c(Cl)cc4[nH]3)n2)CC1. The predicted octanol–water partition coefficient (Wildman–Crippen LogP) is 3.68. The molecule has 4 aromatic heterocycles. The number of aromatic nitrogens is 7. The number of likely N-dealkylation sites (N-methyl/N-ethyl adjacent to an activating group) is 1. The molecule has 1 aliphatic rings. The van der Waals surface area contributed by atoms with Crippen molar-refractivity contribution < 1.29 is 0 Å². The molecule has 0 amide bonds. The molecule has 0 saturated carbocycles. The van der Waals surface area contributed by atoms with Crippen LogP contribution in [0.5, 0.6) is 0 Å². The molecular formula is C23H24Cl2N10. The highest BCUT2D eigenvalue weighted by atomic mass is 35.5. The lowest BCUT2D eigenvalue weighted by molar-refractivity contribution is 0.312. The van der Waals surface area contributed by atoms with E-state index in [1.54, 1.807) is 16.8 Å².